The van der Waals surface area contributed by atoms with E-state index >= 15 is 0 Å². The number of nitrogens with zero attached hydrogens (tertiary/aromatic N) is 4. The average Bonchev–Trinajstić information content (AvgIpc) is 3.30. The number of anilines is 2. The highest BCUT2D eigenvalue weighted by atomic mass is 15.2. The fraction of sp³-hybridized carbons (Fsp3) is 0.370. The number of aromatic amines is 1. The molecule has 0 amide bonds. The van der Waals surface area contributed by atoms with Gasteiger partial charge in [-0.15, -0.1) is 0 Å². The predicted octanol–water partition coefficient (Wildman–Crippen LogP) is 2.70. The fourth-order valence-electron chi connectivity index (χ4n) is 4.85. The van der Waals surface area contributed by atoms with E-state index in [0.29, 0.717) is 28.8 Å². The van der Waals surface area contributed by atoms with Gasteiger partial charge in [0.1, 0.15) is 5.82 Å². The molecule has 0 spiro atoms. The Kier molecular flexibility index (Phi) is 6.51. The molecular weight excluding hydrogens is 450 g/mol. The van der Waals surface area contributed by atoms with Crippen LogP contribution in [0.15, 0.2) is 48.6 Å². The summed E-state index contributed by atoms with van der Waals surface area (Å²) in [6.45, 7) is 8.13. The number of allylic oxidation sites excluding steroid dienone is 2. The zero-order valence-corrected chi connectivity index (χ0v) is 21.2. The number of piperazine rings is 1. The number of hydrogen-bond donors (Lipinski definition) is 5. The van der Waals surface area contributed by atoms with E-state index in [9.17, 15) is 0 Å². The molecule has 0 saturated carbocycles. The summed E-state index contributed by atoms with van der Waals surface area (Å²) in [5.41, 5.74) is 19.1. The Morgan fingerprint density at radius 3 is 2.69 bits per heavy atom. The summed E-state index contributed by atoms with van der Waals surface area (Å²) in [6, 6.07) is 4.22. The van der Waals surface area contributed by atoms with Crippen LogP contribution in [-0.2, 0) is 0 Å². The lowest BCUT2D eigenvalue weighted by molar-refractivity contribution is 0.313. The molecule has 0 aromatic carbocycles. The first-order valence-corrected chi connectivity index (χ1v) is 12.5. The zero-order chi connectivity index (χ0) is 25.4. The van der Waals surface area contributed by atoms with Crippen molar-refractivity contribution >= 4 is 33.7 Å². The molecule has 3 aromatic rings. The summed E-state index contributed by atoms with van der Waals surface area (Å²) in [5.74, 6) is 0.331. The second-order valence-electron chi connectivity index (χ2n) is 10.0. The summed E-state index contributed by atoms with van der Waals surface area (Å²) < 4.78 is 0. The molecule has 188 valence electrons. The van der Waals surface area contributed by atoms with E-state index in [1.54, 1.807) is 6.20 Å². The number of nitrogens with one attached hydrogen (secondary N) is 3. The summed E-state index contributed by atoms with van der Waals surface area (Å²) in [6.07, 6.45) is 10.4. The third-order valence-corrected chi connectivity index (χ3v) is 6.92. The number of aromatic nitrogens is 3. The van der Waals surface area contributed by atoms with Crippen LogP contribution in [-0.4, -0.2) is 70.9 Å². The molecule has 7 N–H and O–H groups in total. The number of likely N-dealkylation sites (N-methyl/N-ethyl adjacent to an activating group) is 1. The van der Waals surface area contributed by atoms with Crippen molar-refractivity contribution in [2.45, 2.75) is 32.4 Å². The van der Waals surface area contributed by atoms with Gasteiger partial charge in [-0.1, -0.05) is 6.08 Å². The molecule has 9 nitrogen and oxygen atoms in total. The van der Waals surface area contributed by atoms with Crippen molar-refractivity contribution in [3.8, 4) is 0 Å². The molecule has 0 bridgehead atoms. The molecule has 0 radical (unpaired) electrons. The molecule has 2 aliphatic rings. The van der Waals surface area contributed by atoms with Gasteiger partial charge in [-0.05, 0) is 51.1 Å². The van der Waals surface area contributed by atoms with Crippen LogP contribution in [0, 0.1) is 5.41 Å². The van der Waals surface area contributed by atoms with Crippen LogP contribution < -0.4 is 21.7 Å². The maximum absolute atomic E-state index is 9.00. The molecule has 4 heterocycles. The van der Waals surface area contributed by atoms with E-state index in [1.807, 2.05) is 24.5 Å². The van der Waals surface area contributed by atoms with Gasteiger partial charge in [-0.2, -0.15) is 0 Å². The van der Waals surface area contributed by atoms with Crippen LogP contribution in [0.5, 0.6) is 0 Å². The zero-order valence-electron chi connectivity index (χ0n) is 21.2. The fourth-order valence-corrected chi connectivity index (χ4v) is 4.85. The van der Waals surface area contributed by atoms with Gasteiger partial charge < -0.3 is 31.6 Å². The lowest BCUT2D eigenvalue weighted by Gasteiger charge is -2.34. The molecule has 1 atom stereocenters. The number of pyridine rings is 2. The van der Waals surface area contributed by atoms with Crippen LogP contribution in [0.2, 0.25) is 0 Å². The first-order chi connectivity index (χ1) is 17.3. The van der Waals surface area contributed by atoms with Crippen LogP contribution in [0.3, 0.4) is 0 Å². The van der Waals surface area contributed by atoms with Gasteiger partial charge >= 0.3 is 0 Å². The highest BCUT2D eigenvalue weighted by Gasteiger charge is 2.21. The summed E-state index contributed by atoms with van der Waals surface area (Å²) in [5, 5.41) is 13.5. The second kappa shape index (κ2) is 9.75. The largest absolute Gasteiger partial charge is 0.385 e. The van der Waals surface area contributed by atoms with E-state index < -0.39 is 0 Å². The highest BCUT2D eigenvalue weighted by Crippen LogP contribution is 2.30. The number of nitrogen functional groups attached to an aromatic ring is 1. The Bertz CT molecular complexity index is 1340. The normalized spacial score (nSPS) is 18.9. The highest BCUT2D eigenvalue weighted by molar-refractivity contribution is 6.15. The Morgan fingerprint density at radius 2 is 1.94 bits per heavy atom. The molecule has 9 heteroatoms. The van der Waals surface area contributed by atoms with Crippen molar-refractivity contribution in [2.75, 3.05) is 43.9 Å². The van der Waals surface area contributed by atoms with Crippen LogP contribution in [0.1, 0.15) is 37.1 Å². The Balaban J connectivity index is 1.46. The predicted molar refractivity (Wildman–Crippen MR) is 147 cm³/mol. The number of H-pyrrole nitrogens is 1. The second-order valence-corrected chi connectivity index (χ2v) is 10.0. The molecule has 3 aromatic heterocycles. The molecule has 1 aliphatic carbocycles. The maximum atomic E-state index is 9.00. The Hall–Kier alpha value is -3.69. The minimum Gasteiger partial charge on any atom is -0.385 e. The Morgan fingerprint density at radius 1 is 1.17 bits per heavy atom. The minimum absolute atomic E-state index is 0.0508. The van der Waals surface area contributed by atoms with Gasteiger partial charge in [-0.3, -0.25) is 10.4 Å². The average molecular weight is 486 g/mol. The van der Waals surface area contributed by atoms with Crippen molar-refractivity contribution < 1.29 is 0 Å². The van der Waals surface area contributed by atoms with E-state index in [2.05, 4.69) is 63.1 Å². The van der Waals surface area contributed by atoms with Crippen LogP contribution >= 0.6 is 0 Å². The van der Waals surface area contributed by atoms with Crippen molar-refractivity contribution in [1.82, 2.24) is 25.2 Å². The van der Waals surface area contributed by atoms with Gasteiger partial charge in [0.25, 0.3) is 0 Å². The quantitative estimate of drug-likeness (QED) is 0.339. The SMILES string of the molecule is CC(C)NC1=CC(c2cnc(N)c(C(=N)c3cc4c(N5CCN(C)CC5)cncc4[nH]3)c2)=CCC1N. The third-order valence-electron chi connectivity index (χ3n) is 6.92. The molecule has 1 unspecified atom stereocenters. The number of nitrogens with two attached hydrogens (primary N) is 2. The minimum atomic E-state index is -0.0508. The summed E-state index contributed by atoms with van der Waals surface area (Å²) in [7, 11) is 2.15. The monoisotopic (exact) mass is 485 g/mol. The van der Waals surface area contributed by atoms with Crippen molar-refractivity contribution in [2.24, 2.45) is 5.73 Å². The van der Waals surface area contributed by atoms with Crippen LogP contribution in [0.4, 0.5) is 11.5 Å². The van der Waals surface area contributed by atoms with E-state index in [1.165, 1.54) is 0 Å². The molecule has 1 saturated heterocycles. The van der Waals surface area contributed by atoms with Crippen molar-refractivity contribution in [1.29, 1.82) is 5.41 Å². The van der Waals surface area contributed by atoms with Crippen molar-refractivity contribution in [3.63, 3.8) is 0 Å². The first kappa shape index (κ1) is 24.0. The van der Waals surface area contributed by atoms with Crippen LogP contribution in [0.25, 0.3) is 16.5 Å². The van der Waals surface area contributed by atoms with Gasteiger partial charge in [0.2, 0.25) is 0 Å². The number of hydrogen-bond acceptors (Lipinski definition) is 8. The van der Waals surface area contributed by atoms with Crippen molar-refractivity contribution in [3.05, 3.63) is 65.4 Å². The molecule has 1 aliphatic heterocycles. The van der Waals surface area contributed by atoms with Gasteiger partial charge in [0.15, 0.2) is 0 Å². The molecule has 1 fully saturated rings. The maximum Gasteiger partial charge on any atom is 0.132 e. The van der Waals surface area contributed by atoms with E-state index in [4.69, 9.17) is 16.9 Å². The van der Waals surface area contributed by atoms with Gasteiger partial charge in [0, 0.05) is 66.7 Å². The number of rotatable bonds is 6. The molecule has 5 rings (SSSR count). The summed E-state index contributed by atoms with van der Waals surface area (Å²) in [4.78, 5) is 17.0. The lowest BCUT2D eigenvalue weighted by Crippen LogP contribution is -2.44. The third kappa shape index (κ3) is 4.72. The standard InChI is InChI=1S/C27H35N9/c1-16(2)33-22-11-17(4-5-21(22)28)18-10-20(27(30)32-13-18)26(29)23-12-19-24(34-23)14-31-15-25(19)36-8-6-35(3)7-9-36/h4,10-16,21,29,33-34H,5-9,28H2,1-3H3,(H2,30,32). The molecule has 36 heavy (non-hydrogen) atoms. The first-order valence-electron chi connectivity index (χ1n) is 12.5. The number of fused-ring (bicyclic) bond motifs is 1. The smallest absolute Gasteiger partial charge is 0.132 e. The van der Waals surface area contributed by atoms with E-state index in [-0.39, 0.29) is 6.04 Å². The van der Waals surface area contributed by atoms with Gasteiger partial charge in [-0.25, -0.2) is 4.98 Å². The Labute approximate surface area is 211 Å². The van der Waals surface area contributed by atoms with E-state index in [0.717, 1.165) is 66.0 Å². The van der Waals surface area contributed by atoms with Gasteiger partial charge in [0.05, 0.1) is 35.0 Å². The molecular formula is C27H35N9. The lowest BCUT2D eigenvalue weighted by atomic mass is 9.94. The topological polar surface area (TPSA) is 136 Å². The summed E-state index contributed by atoms with van der Waals surface area (Å²) >= 11 is 0.